The lowest BCUT2D eigenvalue weighted by Crippen LogP contribution is -2.05. The average Bonchev–Trinajstić information content (AvgIpc) is 2.16. The van der Waals surface area contributed by atoms with Crippen LogP contribution in [0.4, 0.5) is 5.69 Å². The SMILES string of the molecule is CC(=O)/C=C(\O)c1ccc(NC(C)=O)cc1. The number of carbonyl (C=O) groups excluding carboxylic acids is 2. The van der Waals surface area contributed by atoms with Crippen molar-refractivity contribution in [3.05, 3.63) is 35.9 Å². The van der Waals surface area contributed by atoms with Crippen molar-refractivity contribution < 1.29 is 14.7 Å². The number of amides is 1. The smallest absolute Gasteiger partial charge is 0.221 e. The first kappa shape index (κ1) is 12.0. The molecule has 0 saturated carbocycles. The van der Waals surface area contributed by atoms with Gasteiger partial charge in [0.05, 0.1) is 0 Å². The molecule has 1 amide bonds. The van der Waals surface area contributed by atoms with Crippen molar-refractivity contribution in [2.24, 2.45) is 0 Å². The zero-order chi connectivity index (χ0) is 12.1. The van der Waals surface area contributed by atoms with Gasteiger partial charge in [-0.15, -0.1) is 0 Å². The quantitative estimate of drug-likeness (QED) is 0.604. The number of allylic oxidation sites excluding steroid dienone is 1. The average molecular weight is 219 g/mol. The molecule has 1 rings (SSSR count). The molecule has 0 atom stereocenters. The highest BCUT2D eigenvalue weighted by Gasteiger charge is 2.01. The topological polar surface area (TPSA) is 66.4 Å². The standard InChI is InChI=1S/C12H13NO3/c1-8(14)7-12(16)10-3-5-11(6-4-10)13-9(2)15/h3-7,16H,1-2H3,(H,13,15)/b12-7-. The number of anilines is 1. The second kappa shape index (κ2) is 5.11. The number of nitrogens with one attached hydrogen (secondary N) is 1. The van der Waals surface area contributed by atoms with E-state index in [4.69, 9.17) is 0 Å². The summed E-state index contributed by atoms with van der Waals surface area (Å²) in [5.74, 6) is -0.457. The lowest BCUT2D eigenvalue weighted by molar-refractivity contribution is -0.114. The van der Waals surface area contributed by atoms with E-state index in [1.807, 2.05) is 0 Å². The summed E-state index contributed by atoms with van der Waals surface area (Å²) in [6.45, 7) is 2.78. The fraction of sp³-hybridized carbons (Fsp3) is 0.167. The summed E-state index contributed by atoms with van der Waals surface area (Å²) in [6, 6.07) is 6.56. The third-order valence-corrected chi connectivity index (χ3v) is 1.84. The molecular weight excluding hydrogens is 206 g/mol. The minimum atomic E-state index is -0.219. The Bertz CT molecular complexity index is 432. The van der Waals surface area contributed by atoms with Gasteiger partial charge in [0.25, 0.3) is 0 Å². The van der Waals surface area contributed by atoms with Crippen LogP contribution in [-0.2, 0) is 9.59 Å². The van der Waals surface area contributed by atoms with Crippen LogP contribution < -0.4 is 5.32 Å². The van der Waals surface area contributed by atoms with Crippen LogP contribution in [0.2, 0.25) is 0 Å². The Morgan fingerprint density at radius 1 is 1.19 bits per heavy atom. The summed E-state index contributed by atoms with van der Waals surface area (Å²) < 4.78 is 0. The molecule has 4 nitrogen and oxygen atoms in total. The predicted molar refractivity (Wildman–Crippen MR) is 62.0 cm³/mol. The van der Waals surface area contributed by atoms with E-state index in [1.54, 1.807) is 24.3 Å². The lowest BCUT2D eigenvalue weighted by atomic mass is 10.1. The van der Waals surface area contributed by atoms with E-state index in [-0.39, 0.29) is 17.4 Å². The highest BCUT2D eigenvalue weighted by Crippen LogP contribution is 2.15. The van der Waals surface area contributed by atoms with Crippen LogP contribution in [0.15, 0.2) is 30.3 Å². The number of hydrogen-bond acceptors (Lipinski definition) is 3. The van der Waals surface area contributed by atoms with Crippen LogP contribution in [0.5, 0.6) is 0 Å². The molecule has 84 valence electrons. The normalized spacial score (nSPS) is 11.0. The molecule has 0 heterocycles. The van der Waals surface area contributed by atoms with Gasteiger partial charge in [0.15, 0.2) is 5.78 Å². The van der Waals surface area contributed by atoms with Crippen molar-refractivity contribution >= 4 is 23.1 Å². The van der Waals surface area contributed by atoms with Crippen molar-refractivity contribution in [3.63, 3.8) is 0 Å². The molecule has 0 aliphatic rings. The molecule has 0 aliphatic heterocycles. The van der Waals surface area contributed by atoms with Gasteiger partial charge >= 0.3 is 0 Å². The molecule has 0 bridgehead atoms. The number of rotatable bonds is 3. The van der Waals surface area contributed by atoms with Crippen LogP contribution in [0.1, 0.15) is 19.4 Å². The monoisotopic (exact) mass is 219 g/mol. The zero-order valence-electron chi connectivity index (χ0n) is 9.15. The van der Waals surface area contributed by atoms with Gasteiger partial charge < -0.3 is 10.4 Å². The number of hydrogen-bond donors (Lipinski definition) is 2. The Kier molecular flexibility index (Phi) is 3.83. The second-order valence-corrected chi connectivity index (χ2v) is 3.40. The third-order valence-electron chi connectivity index (χ3n) is 1.84. The van der Waals surface area contributed by atoms with Crippen molar-refractivity contribution in [2.75, 3.05) is 5.32 Å². The van der Waals surface area contributed by atoms with E-state index in [0.29, 0.717) is 11.3 Å². The van der Waals surface area contributed by atoms with Crippen LogP contribution in [0.25, 0.3) is 5.76 Å². The fourth-order valence-electron chi connectivity index (χ4n) is 1.20. The van der Waals surface area contributed by atoms with Gasteiger partial charge in [-0.05, 0) is 31.2 Å². The highest BCUT2D eigenvalue weighted by molar-refractivity contribution is 5.93. The van der Waals surface area contributed by atoms with E-state index >= 15 is 0 Å². The van der Waals surface area contributed by atoms with E-state index in [2.05, 4.69) is 5.32 Å². The van der Waals surface area contributed by atoms with E-state index < -0.39 is 0 Å². The molecule has 2 N–H and O–H groups in total. The molecule has 0 aliphatic carbocycles. The van der Waals surface area contributed by atoms with Crippen LogP contribution in [0.3, 0.4) is 0 Å². The molecule has 16 heavy (non-hydrogen) atoms. The summed E-state index contributed by atoms with van der Waals surface area (Å²) in [6.07, 6.45) is 1.15. The summed E-state index contributed by atoms with van der Waals surface area (Å²) in [7, 11) is 0. The second-order valence-electron chi connectivity index (χ2n) is 3.40. The van der Waals surface area contributed by atoms with E-state index in [0.717, 1.165) is 6.08 Å². The first-order valence-electron chi connectivity index (χ1n) is 4.78. The molecule has 0 aromatic heterocycles. The van der Waals surface area contributed by atoms with Gasteiger partial charge in [0.1, 0.15) is 5.76 Å². The summed E-state index contributed by atoms with van der Waals surface area (Å²) >= 11 is 0. The fourth-order valence-corrected chi connectivity index (χ4v) is 1.20. The van der Waals surface area contributed by atoms with Crippen molar-refractivity contribution in [1.29, 1.82) is 0 Å². The van der Waals surface area contributed by atoms with Crippen LogP contribution in [-0.4, -0.2) is 16.8 Å². The lowest BCUT2D eigenvalue weighted by Gasteiger charge is -2.03. The number of carbonyl (C=O) groups is 2. The largest absolute Gasteiger partial charge is 0.507 e. The van der Waals surface area contributed by atoms with Crippen LogP contribution in [0, 0.1) is 0 Å². The molecule has 0 saturated heterocycles. The zero-order valence-corrected chi connectivity index (χ0v) is 9.15. The number of aliphatic hydroxyl groups excluding tert-OH is 1. The molecule has 0 radical (unpaired) electrons. The number of ketones is 1. The highest BCUT2D eigenvalue weighted by atomic mass is 16.3. The molecule has 1 aromatic rings. The minimum Gasteiger partial charge on any atom is -0.507 e. The van der Waals surface area contributed by atoms with E-state index in [1.165, 1.54) is 13.8 Å². The van der Waals surface area contributed by atoms with Gasteiger partial charge in [-0.2, -0.15) is 0 Å². The van der Waals surface area contributed by atoms with Gasteiger partial charge in [0.2, 0.25) is 5.91 Å². The maximum atomic E-state index is 10.8. The Balaban J connectivity index is 2.86. The van der Waals surface area contributed by atoms with Crippen molar-refractivity contribution in [2.45, 2.75) is 13.8 Å². The van der Waals surface area contributed by atoms with E-state index in [9.17, 15) is 14.7 Å². The van der Waals surface area contributed by atoms with Gasteiger partial charge in [-0.1, -0.05) is 0 Å². The Morgan fingerprint density at radius 3 is 2.19 bits per heavy atom. The summed E-state index contributed by atoms with van der Waals surface area (Å²) in [5, 5.41) is 12.1. The van der Waals surface area contributed by atoms with Crippen molar-refractivity contribution in [1.82, 2.24) is 0 Å². The molecule has 1 aromatic carbocycles. The first-order chi connectivity index (χ1) is 7.49. The molecule has 0 spiro atoms. The molecule has 0 fully saturated rings. The maximum absolute atomic E-state index is 10.8. The minimum absolute atomic E-state index is 0.0816. The number of benzene rings is 1. The summed E-state index contributed by atoms with van der Waals surface area (Å²) in [5.41, 5.74) is 1.18. The van der Waals surface area contributed by atoms with Gasteiger partial charge in [-0.25, -0.2) is 0 Å². The first-order valence-corrected chi connectivity index (χ1v) is 4.78. The predicted octanol–water partition coefficient (Wildman–Crippen LogP) is 2.13. The Labute approximate surface area is 93.6 Å². The Hall–Kier alpha value is -2.10. The maximum Gasteiger partial charge on any atom is 0.221 e. The molecule has 4 heteroatoms. The number of aliphatic hydroxyl groups is 1. The van der Waals surface area contributed by atoms with Gasteiger partial charge in [0, 0.05) is 24.3 Å². The van der Waals surface area contributed by atoms with Crippen molar-refractivity contribution in [3.8, 4) is 0 Å². The summed E-state index contributed by atoms with van der Waals surface area (Å²) in [4.78, 5) is 21.5. The molecule has 0 unspecified atom stereocenters. The van der Waals surface area contributed by atoms with Crippen LogP contribution >= 0.6 is 0 Å². The third kappa shape index (κ3) is 3.57. The Morgan fingerprint density at radius 2 is 1.75 bits per heavy atom. The molecular formula is C12H13NO3. The van der Waals surface area contributed by atoms with Gasteiger partial charge in [-0.3, -0.25) is 9.59 Å².